The topological polar surface area (TPSA) is 34.1 Å². The van der Waals surface area contributed by atoms with E-state index < -0.39 is 9.05 Å². The number of hydrogen-bond donors (Lipinski definition) is 0. The van der Waals surface area contributed by atoms with Crippen LogP contribution in [0.1, 0.15) is 13.8 Å². The smallest absolute Gasteiger partial charge is 0.207 e. The Hall–Kier alpha value is -0.0200. The lowest BCUT2D eigenvalue weighted by atomic mass is 10.6. The van der Waals surface area contributed by atoms with Gasteiger partial charge in [0.05, 0.1) is 4.91 Å². The standard InChI is InChI=1S/C4H7ClO2S/c1-3-4(2)8(5,6)7/h3H,1-2H3/b4-3-. The van der Waals surface area contributed by atoms with Crippen LogP contribution in [0.5, 0.6) is 0 Å². The van der Waals surface area contributed by atoms with Gasteiger partial charge in [-0.1, -0.05) is 6.08 Å². The number of hydrogen-bond acceptors (Lipinski definition) is 2. The molecule has 0 fully saturated rings. The first-order valence-corrected chi connectivity index (χ1v) is 4.37. The van der Waals surface area contributed by atoms with Crippen LogP contribution in [-0.2, 0) is 9.05 Å². The van der Waals surface area contributed by atoms with Gasteiger partial charge in [-0.15, -0.1) is 0 Å². The molecule has 0 heterocycles. The van der Waals surface area contributed by atoms with Crippen molar-refractivity contribution in [3.05, 3.63) is 11.0 Å². The van der Waals surface area contributed by atoms with E-state index in [1.54, 1.807) is 6.92 Å². The van der Waals surface area contributed by atoms with E-state index >= 15 is 0 Å². The van der Waals surface area contributed by atoms with Gasteiger partial charge in [-0.2, -0.15) is 0 Å². The molecule has 0 aliphatic heterocycles. The largest absolute Gasteiger partial charge is 0.256 e. The first kappa shape index (κ1) is 7.98. The number of halogens is 1. The first-order valence-electron chi connectivity index (χ1n) is 2.06. The Morgan fingerprint density at radius 2 is 2.00 bits per heavy atom. The SMILES string of the molecule is C/C=C(/C)S(=O)(=O)Cl. The molecule has 0 radical (unpaired) electrons. The van der Waals surface area contributed by atoms with E-state index in [0.29, 0.717) is 0 Å². The molecule has 0 saturated carbocycles. The molecule has 0 bridgehead atoms. The van der Waals surface area contributed by atoms with Crippen molar-refractivity contribution in [3.63, 3.8) is 0 Å². The average molecular weight is 155 g/mol. The summed E-state index contributed by atoms with van der Waals surface area (Å²) in [6, 6.07) is 0. The van der Waals surface area contributed by atoms with Gasteiger partial charge in [0.15, 0.2) is 0 Å². The molecule has 0 aliphatic rings. The van der Waals surface area contributed by atoms with Gasteiger partial charge in [0.25, 0.3) is 9.05 Å². The van der Waals surface area contributed by atoms with Gasteiger partial charge in [0.2, 0.25) is 0 Å². The van der Waals surface area contributed by atoms with Crippen LogP contribution in [-0.4, -0.2) is 8.42 Å². The van der Waals surface area contributed by atoms with Crippen LogP contribution in [0.3, 0.4) is 0 Å². The van der Waals surface area contributed by atoms with Crippen LogP contribution in [0.2, 0.25) is 0 Å². The monoisotopic (exact) mass is 154 g/mol. The van der Waals surface area contributed by atoms with Gasteiger partial charge in [-0.3, -0.25) is 0 Å². The third kappa shape index (κ3) is 2.33. The molecular formula is C4H7ClO2S. The lowest BCUT2D eigenvalue weighted by molar-refractivity contribution is 0.615. The van der Waals surface area contributed by atoms with Crippen LogP contribution < -0.4 is 0 Å². The minimum absolute atomic E-state index is 0.194. The van der Waals surface area contributed by atoms with Crippen molar-refractivity contribution in [3.8, 4) is 0 Å². The molecule has 0 spiro atoms. The Kier molecular flexibility index (Phi) is 2.50. The maximum atomic E-state index is 10.3. The molecule has 0 aromatic rings. The second-order valence-electron chi connectivity index (χ2n) is 1.34. The van der Waals surface area contributed by atoms with Crippen molar-refractivity contribution in [1.29, 1.82) is 0 Å². The molecule has 0 amide bonds. The zero-order valence-electron chi connectivity index (χ0n) is 4.68. The molecule has 48 valence electrons. The molecule has 0 aromatic heterocycles. The van der Waals surface area contributed by atoms with Crippen molar-refractivity contribution >= 4 is 19.7 Å². The van der Waals surface area contributed by atoms with Gasteiger partial charge in [-0.25, -0.2) is 8.42 Å². The molecule has 0 saturated heterocycles. The highest BCUT2D eigenvalue weighted by atomic mass is 35.7. The van der Waals surface area contributed by atoms with E-state index in [0.717, 1.165) is 0 Å². The quantitative estimate of drug-likeness (QED) is 0.537. The summed E-state index contributed by atoms with van der Waals surface area (Å²) in [6.07, 6.45) is 1.45. The summed E-state index contributed by atoms with van der Waals surface area (Å²) >= 11 is 0. The summed E-state index contributed by atoms with van der Waals surface area (Å²) in [5.41, 5.74) is 0. The van der Waals surface area contributed by atoms with E-state index in [4.69, 9.17) is 10.7 Å². The maximum absolute atomic E-state index is 10.3. The second kappa shape index (κ2) is 2.51. The van der Waals surface area contributed by atoms with E-state index in [2.05, 4.69) is 0 Å². The molecule has 0 atom stereocenters. The fourth-order valence-corrected chi connectivity index (χ4v) is 0.690. The normalized spacial score (nSPS) is 14.1. The Balaban J connectivity index is 4.55. The first-order chi connectivity index (χ1) is 3.48. The molecular weight excluding hydrogens is 148 g/mol. The highest BCUT2D eigenvalue weighted by molar-refractivity contribution is 8.16. The lowest BCUT2D eigenvalue weighted by Gasteiger charge is -1.88. The summed E-state index contributed by atoms with van der Waals surface area (Å²) in [7, 11) is 1.47. The zero-order chi connectivity index (χ0) is 6.78. The molecule has 0 aromatic carbocycles. The van der Waals surface area contributed by atoms with E-state index in [-0.39, 0.29) is 4.91 Å². The fraction of sp³-hybridized carbons (Fsp3) is 0.500. The van der Waals surface area contributed by atoms with E-state index in [1.807, 2.05) is 0 Å². The Bertz CT molecular complexity index is 190. The molecule has 0 rings (SSSR count). The summed E-state index contributed by atoms with van der Waals surface area (Å²) in [5.74, 6) is 0. The van der Waals surface area contributed by atoms with E-state index in [1.165, 1.54) is 13.0 Å². The van der Waals surface area contributed by atoms with Gasteiger partial charge >= 0.3 is 0 Å². The summed E-state index contributed by atoms with van der Waals surface area (Å²) < 4.78 is 20.5. The number of rotatable bonds is 1. The van der Waals surface area contributed by atoms with Crippen molar-refractivity contribution in [2.45, 2.75) is 13.8 Å². The highest BCUT2D eigenvalue weighted by Gasteiger charge is 2.04. The van der Waals surface area contributed by atoms with Crippen molar-refractivity contribution in [2.24, 2.45) is 0 Å². The molecule has 0 aliphatic carbocycles. The Morgan fingerprint density at radius 1 is 1.62 bits per heavy atom. The fourth-order valence-electron chi connectivity index (χ4n) is 0.141. The van der Waals surface area contributed by atoms with Crippen molar-refractivity contribution in [1.82, 2.24) is 0 Å². The van der Waals surface area contributed by atoms with Crippen LogP contribution in [0, 0.1) is 0 Å². The van der Waals surface area contributed by atoms with Gasteiger partial charge in [0, 0.05) is 10.7 Å². The lowest BCUT2D eigenvalue weighted by Crippen LogP contribution is -1.87. The summed E-state index contributed by atoms with van der Waals surface area (Å²) in [4.78, 5) is 0.194. The number of allylic oxidation sites excluding steroid dienone is 2. The average Bonchev–Trinajstić information content (AvgIpc) is 1.62. The summed E-state index contributed by atoms with van der Waals surface area (Å²) in [6.45, 7) is 3.07. The Labute approximate surface area is 53.6 Å². The third-order valence-corrected chi connectivity index (χ3v) is 2.53. The molecule has 0 N–H and O–H groups in total. The molecule has 0 unspecified atom stereocenters. The van der Waals surface area contributed by atoms with Gasteiger partial charge in [0.1, 0.15) is 0 Å². The minimum Gasteiger partial charge on any atom is -0.207 e. The highest BCUT2D eigenvalue weighted by Crippen LogP contribution is 2.08. The van der Waals surface area contributed by atoms with Crippen molar-refractivity contribution < 1.29 is 8.42 Å². The maximum Gasteiger partial charge on any atom is 0.256 e. The predicted octanol–water partition coefficient (Wildman–Crippen LogP) is 1.48. The van der Waals surface area contributed by atoms with Gasteiger partial charge in [-0.05, 0) is 13.8 Å². The Morgan fingerprint density at radius 3 is 2.00 bits per heavy atom. The third-order valence-electron chi connectivity index (χ3n) is 0.791. The van der Waals surface area contributed by atoms with Crippen LogP contribution in [0.15, 0.2) is 11.0 Å². The van der Waals surface area contributed by atoms with E-state index in [9.17, 15) is 8.42 Å². The van der Waals surface area contributed by atoms with Crippen molar-refractivity contribution in [2.75, 3.05) is 0 Å². The second-order valence-corrected chi connectivity index (χ2v) is 4.08. The van der Waals surface area contributed by atoms with Crippen LogP contribution in [0.4, 0.5) is 0 Å². The summed E-state index contributed by atoms with van der Waals surface area (Å²) in [5, 5.41) is 0. The minimum atomic E-state index is -3.42. The van der Waals surface area contributed by atoms with Gasteiger partial charge < -0.3 is 0 Å². The molecule has 2 nitrogen and oxygen atoms in total. The predicted molar refractivity (Wildman–Crippen MR) is 34.2 cm³/mol. The van der Waals surface area contributed by atoms with Crippen LogP contribution in [0.25, 0.3) is 0 Å². The molecule has 4 heteroatoms. The van der Waals surface area contributed by atoms with Crippen LogP contribution >= 0.6 is 10.7 Å². The molecule has 8 heavy (non-hydrogen) atoms. The zero-order valence-corrected chi connectivity index (χ0v) is 6.25.